The van der Waals surface area contributed by atoms with Crippen molar-refractivity contribution in [2.24, 2.45) is 0 Å². The molecule has 0 aliphatic carbocycles. The minimum Gasteiger partial charge on any atom is -0.497 e. The number of nitrogens with zero attached hydrogens (tertiary/aromatic N) is 4. The number of hydrogen-bond acceptors (Lipinski definition) is 7. The van der Waals surface area contributed by atoms with Crippen LogP contribution in [0.5, 0.6) is 11.5 Å². The monoisotopic (exact) mass is 350 g/mol. The Balaban J connectivity index is 1.94. The number of aromatic nitrogens is 4. The summed E-state index contributed by atoms with van der Waals surface area (Å²) in [4.78, 5) is 0.800. The van der Waals surface area contributed by atoms with Crippen LogP contribution in [0.15, 0.2) is 18.2 Å². The van der Waals surface area contributed by atoms with E-state index in [1.54, 1.807) is 14.2 Å². The quantitative estimate of drug-likeness (QED) is 0.608. The van der Waals surface area contributed by atoms with Crippen molar-refractivity contribution < 1.29 is 9.47 Å². The Kier molecular flexibility index (Phi) is 5.02. The van der Waals surface area contributed by atoms with Crippen LogP contribution in [0.3, 0.4) is 0 Å². The average Bonchev–Trinajstić information content (AvgIpc) is 3.16. The van der Waals surface area contributed by atoms with Crippen molar-refractivity contribution in [3.05, 3.63) is 24.0 Å². The Bertz CT molecular complexity index is 778. The van der Waals surface area contributed by atoms with Gasteiger partial charge >= 0.3 is 0 Å². The predicted molar refractivity (Wildman–Crippen MR) is 93.7 cm³/mol. The molecular weight excluding hydrogens is 332 g/mol. The second kappa shape index (κ2) is 7.18. The van der Waals surface area contributed by atoms with E-state index >= 15 is 0 Å². The van der Waals surface area contributed by atoms with Gasteiger partial charge in [0.05, 0.1) is 20.0 Å². The third-order valence-corrected chi connectivity index (χ3v) is 5.34. The summed E-state index contributed by atoms with van der Waals surface area (Å²) in [6, 6.07) is 5.73. The molecule has 122 valence electrons. The lowest BCUT2D eigenvalue weighted by Crippen LogP contribution is -1.95. The molecule has 23 heavy (non-hydrogen) atoms. The third-order valence-electron chi connectivity index (χ3n) is 3.23. The van der Waals surface area contributed by atoms with Crippen LogP contribution in [0.2, 0.25) is 0 Å². The molecule has 0 spiro atoms. The molecule has 0 bridgehead atoms. The highest BCUT2D eigenvalue weighted by Gasteiger charge is 2.14. The zero-order valence-electron chi connectivity index (χ0n) is 13.3. The van der Waals surface area contributed by atoms with E-state index in [1.165, 1.54) is 11.3 Å². The smallest absolute Gasteiger partial charge is 0.235 e. The van der Waals surface area contributed by atoms with Gasteiger partial charge in [0.25, 0.3) is 0 Å². The minimum absolute atomic E-state index is 0.740. The predicted octanol–water partition coefficient (Wildman–Crippen LogP) is 3.51. The molecule has 0 atom stereocenters. The summed E-state index contributed by atoms with van der Waals surface area (Å²) in [7, 11) is 3.28. The van der Waals surface area contributed by atoms with Crippen LogP contribution in [0, 0.1) is 0 Å². The zero-order valence-corrected chi connectivity index (χ0v) is 14.9. The van der Waals surface area contributed by atoms with Crippen molar-refractivity contribution in [3.8, 4) is 22.1 Å². The van der Waals surface area contributed by atoms with Crippen molar-refractivity contribution in [1.29, 1.82) is 0 Å². The number of fused-ring (bicyclic) bond motifs is 1. The summed E-state index contributed by atoms with van der Waals surface area (Å²) in [5.74, 6) is 4.29. The molecule has 0 aliphatic rings. The van der Waals surface area contributed by atoms with Gasteiger partial charge in [-0.3, -0.25) is 0 Å². The Morgan fingerprint density at radius 3 is 2.52 bits per heavy atom. The standard InChI is InChI=1S/C15H18N4O2S2/c1-4-5-22-9-13-16-17-15-19(13)18-14(23-15)10-6-11(20-2)8-12(7-10)21-3/h6-8H,4-5,9H2,1-3H3. The molecule has 3 rings (SSSR count). The number of ether oxygens (including phenoxy) is 2. The van der Waals surface area contributed by atoms with E-state index in [9.17, 15) is 0 Å². The fraction of sp³-hybridized carbons (Fsp3) is 0.400. The molecule has 3 aromatic rings. The van der Waals surface area contributed by atoms with Gasteiger partial charge in [0, 0.05) is 11.6 Å². The van der Waals surface area contributed by atoms with Crippen molar-refractivity contribution in [2.45, 2.75) is 19.1 Å². The van der Waals surface area contributed by atoms with Gasteiger partial charge in [0.1, 0.15) is 16.5 Å². The highest BCUT2D eigenvalue weighted by atomic mass is 32.2. The lowest BCUT2D eigenvalue weighted by Gasteiger charge is -2.06. The summed E-state index contributed by atoms with van der Waals surface area (Å²) < 4.78 is 12.5. The molecular formula is C15H18N4O2S2. The van der Waals surface area contributed by atoms with E-state index in [1.807, 2.05) is 34.5 Å². The SMILES string of the molecule is CCCSCc1nnc2sc(-c3cc(OC)cc(OC)c3)nn12. The lowest BCUT2D eigenvalue weighted by molar-refractivity contribution is 0.394. The molecule has 8 heteroatoms. The molecule has 0 fully saturated rings. The van der Waals surface area contributed by atoms with E-state index in [-0.39, 0.29) is 0 Å². The normalized spacial score (nSPS) is 11.1. The fourth-order valence-corrected chi connectivity index (χ4v) is 3.74. The van der Waals surface area contributed by atoms with Crippen molar-refractivity contribution in [3.63, 3.8) is 0 Å². The van der Waals surface area contributed by atoms with Crippen LogP contribution in [-0.4, -0.2) is 39.8 Å². The van der Waals surface area contributed by atoms with Crippen molar-refractivity contribution >= 4 is 28.1 Å². The fourth-order valence-electron chi connectivity index (χ4n) is 2.10. The maximum Gasteiger partial charge on any atom is 0.235 e. The van der Waals surface area contributed by atoms with Crippen molar-refractivity contribution in [1.82, 2.24) is 19.8 Å². The maximum atomic E-state index is 5.32. The first kappa shape index (κ1) is 16.1. The maximum absolute atomic E-state index is 5.32. The highest BCUT2D eigenvalue weighted by Crippen LogP contribution is 2.32. The molecule has 2 aromatic heterocycles. The van der Waals surface area contributed by atoms with E-state index < -0.39 is 0 Å². The summed E-state index contributed by atoms with van der Waals surface area (Å²) >= 11 is 3.35. The molecule has 6 nitrogen and oxygen atoms in total. The first-order chi connectivity index (χ1) is 11.2. The van der Waals surface area contributed by atoms with Crippen LogP contribution in [0.25, 0.3) is 15.5 Å². The van der Waals surface area contributed by atoms with E-state index in [0.29, 0.717) is 0 Å². The molecule has 0 unspecified atom stereocenters. The molecule has 0 N–H and O–H groups in total. The number of benzene rings is 1. The van der Waals surface area contributed by atoms with Crippen molar-refractivity contribution in [2.75, 3.05) is 20.0 Å². The topological polar surface area (TPSA) is 61.5 Å². The number of rotatable bonds is 7. The Morgan fingerprint density at radius 1 is 1.13 bits per heavy atom. The van der Waals surface area contributed by atoms with Crippen LogP contribution >= 0.6 is 23.1 Å². The first-order valence-corrected chi connectivity index (χ1v) is 9.24. The Morgan fingerprint density at radius 2 is 1.87 bits per heavy atom. The van der Waals surface area contributed by atoms with Gasteiger partial charge in [-0.05, 0) is 24.3 Å². The van der Waals surface area contributed by atoms with E-state index in [4.69, 9.17) is 9.47 Å². The minimum atomic E-state index is 0.740. The molecule has 0 saturated heterocycles. The van der Waals surface area contributed by atoms with E-state index in [0.717, 1.165) is 50.8 Å². The molecule has 0 saturated carbocycles. The van der Waals surface area contributed by atoms with Gasteiger partial charge in [-0.15, -0.1) is 10.2 Å². The summed E-state index contributed by atoms with van der Waals surface area (Å²) in [5, 5.41) is 14.0. The highest BCUT2D eigenvalue weighted by molar-refractivity contribution is 7.98. The Labute approximate surface area is 142 Å². The second-order valence-corrected chi connectivity index (χ2v) is 6.93. The first-order valence-electron chi connectivity index (χ1n) is 7.27. The number of thioether (sulfide) groups is 1. The van der Waals surface area contributed by atoms with Crippen LogP contribution < -0.4 is 9.47 Å². The summed E-state index contributed by atoms with van der Waals surface area (Å²) in [6.45, 7) is 2.17. The average molecular weight is 350 g/mol. The van der Waals surface area contributed by atoms with Crippen LogP contribution in [0.1, 0.15) is 19.2 Å². The van der Waals surface area contributed by atoms with Gasteiger partial charge < -0.3 is 9.47 Å². The van der Waals surface area contributed by atoms with Gasteiger partial charge in [0.2, 0.25) is 4.96 Å². The van der Waals surface area contributed by atoms with E-state index in [2.05, 4.69) is 22.2 Å². The Hall–Kier alpha value is -1.80. The molecule has 0 aliphatic heterocycles. The largest absolute Gasteiger partial charge is 0.497 e. The molecule has 2 heterocycles. The molecule has 0 amide bonds. The van der Waals surface area contributed by atoms with Crippen LogP contribution in [-0.2, 0) is 5.75 Å². The lowest BCUT2D eigenvalue weighted by atomic mass is 10.2. The zero-order chi connectivity index (χ0) is 16.2. The van der Waals surface area contributed by atoms with Gasteiger partial charge in [-0.1, -0.05) is 18.3 Å². The summed E-state index contributed by atoms with van der Waals surface area (Å²) in [6.07, 6.45) is 1.15. The number of hydrogen-bond donors (Lipinski definition) is 0. The molecule has 1 aromatic carbocycles. The van der Waals surface area contributed by atoms with Gasteiger partial charge in [0.15, 0.2) is 5.82 Å². The summed E-state index contributed by atoms with van der Waals surface area (Å²) in [5.41, 5.74) is 0.948. The third kappa shape index (κ3) is 3.42. The van der Waals surface area contributed by atoms with Crippen LogP contribution in [0.4, 0.5) is 0 Å². The number of methoxy groups -OCH3 is 2. The second-order valence-electron chi connectivity index (χ2n) is 4.87. The van der Waals surface area contributed by atoms with Gasteiger partial charge in [-0.2, -0.15) is 21.4 Å². The van der Waals surface area contributed by atoms with Gasteiger partial charge in [-0.25, -0.2) is 0 Å². The molecule has 0 radical (unpaired) electrons.